The van der Waals surface area contributed by atoms with Crippen molar-refractivity contribution >= 4 is 62.5 Å². The molecule has 7 rings (SSSR count). The van der Waals surface area contributed by atoms with Crippen LogP contribution in [-0.2, 0) is 10.2 Å². The van der Waals surface area contributed by atoms with Gasteiger partial charge in [-0.15, -0.1) is 0 Å². The van der Waals surface area contributed by atoms with Gasteiger partial charge in [-0.3, -0.25) is 14.4 Å². The molecule has 0 aromatic heterocycles. The van der Waals surface area contributed by atoms with Crippen molar-refractivity contribution in [2.75, 3.05) is 17.3 Å². The monoisotopic (exact) mass is 638 g/mol. The van der Waals surface area contributed by atoms with E-state index in [9.17, 15) is 14.4 Å². The number of benzene rings is 4. The molecular weight excluding hydrogens is 616 g/mol. The van der Waals surface area contributed by atoms with Crippen LogP contribution in [0.15, 0.2) is 102 Å². The van der Waals surface area contributed by atoms with Gasteiger partial charge < -0.3 is 15.0 Å². The average Bonchev–Trinajstić information content (AvgIpc) is 3.49. The summed E-state index contributed by atoms with van der Waals surface area (Å²) in [5.41, 5.74) is 2.45. The van der Waals surface area contributed by atoms with Crippen molar-refractivity contribution in [2.45, 2.75) is 17.5 Å². The Labute approximate surface area is 256 Å². The van der Waals surface area contributed by atoms with Gasteiger partial charge in [0.2, 0.25) is 5.91 Å². The maximum Gasteiger partial charge on any atom is 0.238 e. The fourth-order valence-corrected chi connectivity index (χ4v) is 7.57. The number of nitrogens with one attached hydrogen (secondary N) is 1. The Kier molecular flexibility index (Phi) is 6.33. The molecule has 4 aromatic rings. The average molecular weight is 640 g/mol. The highest BCUT2D eigenvalue weighted by Crippen LogP contribution is 2.58. The summed E-state index contributed by atoms with van der Waals surface area (Å²) in [5.74, 6) is -1.35. The number of carbonyl (C=O) groups excluding carboxylic acids is 3. The molecule has 4 aromatic carbocycles. The Morgan fingerprint density at radius 1 is 0.929 bits per heavy atom. The third kappa shape index (κ3) is 3.73. The molecular formula is C34H24BrClN2O4. The Balaban J connectivity index is 1.52. The van der Waals surface area contributed by atoms with Gasteiger partial charge in [0.25, 0.3) is 0 Å². The van der Waals surface area contributed by atoms with E-state index in [1.807, 2.05) is 65.6 Å². The molecule has 1 amide bonds. The number of ether oxygens (including phenoxy) is 1. The van der Waals surface area contributed by atoms with Crippen molar-refractivity contribution < 1.29 is 19.1 Å². The smallest absolute Gasteiger partial charge is 0.238 e. The number of para-hydroxylation sites is 2. The van der Waals surface area contributed by atoms with E-state index >= 15 is 0 Å². The van der Waals surface area contributed by atoms with Crippen LogP contribution in [0.1, 0.15) is 31.8 Å². The van der Waals surface area contributed by atoms with Crippen molar-refractivity contribution in [1.29, 1.82) is 0 Å². The van der Waals surface area contributed by atoms with Crippen molar-refractivity contribution in [3.63, 3.8) is 0 Å². The third-order valence-corrected chi connectivity index (χ3v) is 9.53. The molecule has 8 heteroatoms. The van der Waals surface area contributed by atoms with Crippen LogP contribution in [0.2, 0.25) is 5.02 Å². The second-order valence-electron chi connectivity index (χ2n) is 10.6. The summed E-state index contributed by atoms with van der Waals surface area (Å²) >= 11 is 9.69. The lowest BCUT2D eigenvalue weighted by Gasteiger charge is -2.37. The van der Waals surface area contributed by atoms with Gasteiger partial charge in [0, 0.05) is 27.5 Å². The molecule has 42 heavy (non-hydrogen) atoms. The Morgan fingerprint density at radius 2 is 1.64 bits per heavy atom. The minimum atomic E-state index is -1.37. The zero-order valence-corrected chi connectivity index (χ0v) is 24.7. The van der Waals surface area contributed by atoms with E-state index in [0.29, 0.717) is 37.6 Å². The fraction of sp³-hybridized carbons (Fsp3) is 0.147. The highest BCUT2D eigenvalue weighted by molar-refractivity contribution is 9.10. The molecule has 1 fully saturated rings. The molecule has 6 nitrogen and oxygen atoms in total. The molecule has 0 radical (unpaired) electrons. The van der Waals surface area contributed by atoms with Gasteiger partial charge in [0.1, 0.15) is 17.2 Å². The molecule has 1 saturated heterocycles. The summed E-state index contributed by atoms with van der Waals surface area (Å²) in [6.07, 6.45) is 3.94. The van der Waals surface area contributed by atoms with E-state index in [1.165, 1.54) is 0 Å². The molecule has 0 unspecified atom stereocenters. The van der Waals surface area contributed by atoms with Crippen molar-refractivity contribution in [1.82, 2.24) is 0 Å². The van der Waals surface area contributed by atoms with E-state index in [4.69, 9.17) is 16.3 Å². The van der Waals surface area contributed by atoms with Crippen molar-refractivity contribution in [3.05, 3.63) is 129 Å². The van der Waals surface area contributed by atoms with Crippen LogP contribution in [0.25, 0.3) is 6.08 Å². The van der Waals surface area contributed by atoms with Gasteiger partial charge in [-0.2, -0.15) is 0 Å². The summed E-state index contributed by atoms with van der Waals surface area (Å²) < 4.78 is 6.01. The summed E-state index contributed by atoms with van der Waals surface area (Å²) in [6, 6.07) is 25.3. The first-order chi connectivity index (χ1) is 20.4. The second kappa shape index (κ2) is 9.96. The number of nitrogens with zero attached hydrogens (tertiary/aromatic N) is 1. The number of Topliss-reactive ketones (excluding diaryl/α,β-unsaturated/α-hetero) is 2. The first-order valence-electron chi connectivity index (χ1n) is 13.5. The van der Waals surface area contributed by atoms with Gasteiger partial charge in [-0.25, -0.2) is 0 Å². The molecule has 1 N–H and O–H groups in total. The van der Waals surface area contributed by atoms with Crippen LogP contribution in [0, 0.1) is 5.92 Å². The number of hydrogen-bond acceptors (Lipinski definition) is 5. The summed E-state index contributed by atoms with van der Waals surface area (Å²) in [6.45, 7) is 0. The normalized spacial score (nSPS) is 23.3. The Hall–Kier alpha value is -4.20. The molecule has 3 heterocycles. The number of rotatable bonds is 5. The predicted octanol–water partition coefficient (Wildman–Crippen LogP) is 6.97. The number of amides is 1. The van der Waals surface area contributed by atoms with Gasteiger partial charge in [0.05, 0.1) is 23.5 Å². The predicted molar refractivity (Wildman–Crippen MR) is 167 cm³/mol. The highest BCUT2D eigenvalue weighted by atomic mass is 79.9. The van der Waals surface area contributed by atoms with Gasteiger partial charge >= 0.3 is 0 Å². The van der Waals surface area contributed by atoms with Crippen LogP contribution in [0.3, 0.4) is 0 Å². The van der Waals surface area contributed by atoms with E-state index in [0.717, 1.165) is 11.3 Å². The van der Waals surface area contributed by atoms with E-state index in [1.54, 1.807) is 49.6 Å². The minimum Gasteiger partial charge on any atom is -0.496 e. The molecule has 0 saturated carbocycles. The zero-order valence-electron chi connectivity index (χ0n) is 22.4. The molecule has 0 aliphatic carbocycles. The molecule has 1 spiro atoms. The molecule has 208 valence electrons. The van der Waals surface area contributed by atoms with Crippen LogP contribution in [0.4, 0.5) is 11.4 Å². The van der Waals surface area contributed by atoms with E-state index in [2.05, 4.69) is 21.2 Å². The summed E-state index contributed by atoms with van der Waals surface area (Å²) in [7, 11) is 1.56. The molecule has 4 atom stereocenters. The third-order valence-electron chi connectivity index (χ3n) is 8.66. The largest absolute Gasteiger partial charge is 0.496 e. The SMILES string of the molecule is COc1ccc(C(=O)[C@@H]2[C@H](C(=O)c3ccc(Cl)cc3)[C@]3(C(=O)Nc4ccccc43)[C@H]3C=Cc4ccccc4N23)cc1Br. The standard InChI is InChI=1S/C34H24BrClN2O4/c1-42-27-16-12-21(18-24(27)35)32(40)30-29(31(39)20-10-14-22(36)15-11-20)34(23-7-3-4-8-25(23)37-33(34)41)28-17-13-19-6-2-5-9-26(19)38(28)30/h2-18,28-30H,1H3,(H,37,41)/t28-,29-,30+,34-/m1/s1. The Morgan fingerprint density at radius 3 is 2.40 bits per heavy atom. The lowest BCUT2D eigenvalue weighted by atomic mass is 9.64. The number of hydrogen-bond donors (Lipinski definition) is 1. The van der Waals surface area contributed by atoms with Crippen LogP contribution < -0.4 is 15.0 Å². The fourth-order valence-electron chi connectivity index (χ4n) is 6.90. The number of methoxy groups -OCH3 is 1. The van der Waals surface area contributed by atoms with Crippen molar-refractivity contribution in [2.24, 2.45) is 5.92 Å². The zero-order chi connectivity index (χ0) is 29.2. The maximum atomic E-state index is 14.8. The lowest BCUT2D eigenvalue weighted by molar-refractivity contribution is -0.121. The van der Waals surface area contributed by atoms with E-state index < -0.39 is 23.4 Å². The summed E-state index contributed by atoms with van der Waals surface area (Å²) in [4.78, 5) is 45.9. The first kappa shape index (κ1) is 26.7. The number of ketones is 2. The van der Waals surface area contributed by atoms with Gasteiger partial charge in [-0.1, -0.05) is 60.2 Å². The molecule has 0 bridgehead atoms. The number of anilines is 2. The Bertz CT molecular complexity index is 1820. The number of halogens is 2. The first-order valence-corrected chi connectivity index (χ1v) is 14.7. The van der Waals surface area contributed by atoms with E-state index in [-0.39, 0.29) is 17.5 Å². The lowest BCUT2D eigenvalue weighted by Crippen LogP contribution is -2.51. The van der Waals surface area contributed by atoms with Crippen LogP contribution >= 0.6 is 27.5 Å². The topological polar surface area (TPSA) is 75.7 Å². The molecule has 3 aliphatic heterocycles. The molecule has 3 aliphatic rings. The quantitative estimate of drug-likeness (QED) is 0.239. The van der Waals surface area contributed by atoms with Crippen LogP contribution in [0.5, 0.6) is 5.75 Å². The van der Waals surface area contributed by atoms with Gasteiger partial charge in [0.15, 0.2) is 11.6 Å². The van der Waals surface area contributed by atoms with Crippen molar-refractivity contribution in [3.8, 4) is 5.75 Å². The number of carbonyl (C=O) groups is 3. The van der Waals surface area contributed by atoms with Gasteiger partial charge in [-0.05, 0) is 81.7 Å². The van der Waals surface area contributed by atoms with Crippen LogP contribution in [-0.4, -0.2) is 36.7 Å². The number of fused-ring (bicyclic) bond motifs is 6. The highest BCUT2D eigenvalue weighted by Gasteiger charge is 2.70. The maximum absolute atomic E-state index is 14.8. The minimum absolute atomic E-state index is 0.269. The second-order valence-corrected chi connectivity index (χ2v) is 11.9. The summed E-state index contributed by atoms with van der Waals surface area (Å²) in [5, 5.41) is 3.54.